The highest BCUT2D eigenvalue weighted by Gasteiger charge is 2.30. The van der Waals surface area contributed by atoms with Gasteiger partial charge < -0.3 is 30.0 Å². The Labute approximate surface area is 240 Å². The van der Waals surface area contributed by atoms with Crippen LogP contribution in [-0.2, 0) is 41.6 Å². The van der Waals surface area contributed by atoms with Crippen molar-refractivity contribution in [1.82, 2.24) is 10.6 Å². The average Bonchev–Trinajstić information content (AvgIpc) is 3.50. The molecule has 2 aromatic rings. The van der Waals surface area contributed by atoms with Crippen LogP contribution in [0.25, 0.3) is 0 Å². The summed E-state index contributed by atoms with van der Waals surface area (Å²) in [5, 5.41) is 15.4. The molecule has 2 atom stereocenters. The minimum atomic E-state index is -1.17. The molecule has 1 aliphatic rings. The Balaban J connectivity index is 1.76. The molecule has 0 bridgehead atoms. The number of phenolic OH excluding ortho intramolecular Hbond substituents is 1. The fraction of sp³-hybridized carbons (Fsp3) is 0.484. The number of hydrogen-bond acceptors (Lipinski definition) is 8. The van der Waals surface area contributed by atoms with Gasteiger partial charge in [-0.25, -0.2) is 9.59 Å². The maximum atomic E-state index is 13.4. The number of aromatic hydroxyl groups is 1. The minimum absolute atomic E-state index is 0.00483. The second-order valence-corrected chi connectivity index (χ2v) is 9.98. The van der Waals surface area contributed by atoms with Gasteiger partial charge >= 0.3 is 18.0 Å². The van der Waals surface area contributed by atoms with Crippen LogP contribution in [-0.4, -0.2) is 54.3 Å². The molecule has 0 spiro atoms. The van der Waals surface area contributed by atoms with Crippen LogP contribution in [0.15, 0.2) is 48.5 Å². The number of rotatable bonds is 14. The first kappa shape index (κ1) is 31.4. The maximum absolute atomic E-state index is 13.4. The van der Waals surface area contributed by atoms with E-state index in [9.17, 15) is 24.3 Å². The van der Waals surface area contributed by atoms with Crippen LogP contribution in [0.1, 0.15) is 75.0 Å². The SMILES string of the molecule is CCOC(=O)CC[C@H](NC(=O)OCc1ccccc1)C(=O)N[C@@H](Cc1ccc(O)cc1C1CCCC1)C(=O)OCC. The van der Waals surface area contributed by atoms with Gasteiger partial charge in [0.2, 0.25) is 5.91 Å². The van der Waals surface area contributed by atoms with Crippen LogP contribution in [0, 0.1) is 0 Å². The summed E-state index contributed by atoms with van der Waals surface area (Å²) in [4.78, 5) is 51.0. The smallest absolute Gasteiger partial charge is 0.408 e. The molecule has 10 heteroatoms. The number of esters is 2. The molecule has 2 amide bonds. The summed E-state index contributed by atoms with van der Waals surface area (Å²) in [6, 6.07) is 11.9. The van der Waals surface area contributed by atoms with Crippen molar-refractivity contribution in [3.8, 4) is 5.75 Å². The molecular weight excluding hydrogens is 528 g/mol. The Morgan fingerprint density at radius 3 is 2.29 bits per heavy atom. The summed E-state index contributed by atoms with van der Waals surface area (Å²) < 4.78 is 15.5. The summed E-state index contributed by atoms with van der Waals surface area (Å²) in [6.07, 6.45) is 3.26. The van der Waals surface area contributed by atoms with E-state index in [1.165, 1.54) is 0 Å². The molecule has 0 heterocycles. The first-order valence-electron chi connectivity index (χ1n) is 14.2. The van der Waals surface area contributed by atoms with Gasteiger partial charge in [0.15, 0.2) is 0 Å². The van der Waals surface area contributed by atoms with E-state index in [1.54, 1.807) is 44.2 Å². The number of phenols is 1. The fourth-order valence-corrected chi connectivity index (χ4v) is 4.98. The van der Waals surface area contributed by atoms with Crippen LogP contribution in [0.2, 0.25) is 0 Å². The van der Waals surface area contributed by atoms with Crippen molar-refractivity contribution in [1.29, 1.82) is 0 Å². The topological polar surface area (TPSA) is 140 Å². The summed E-state index contributed by atoms with van der Waals surface area (Å²) in [5.74, 6) is -1.40. The number of carbonyl (C=O) groups excluding carboxylic acids is 4. The Morgan fingerprint density at radius 2 is 1.61 bits per heavy atom. The molecule has 1 saturated carbocycles. The first-order chi connectivity index (χ1) is 19.8. The molecule has 0 unspecified atom stereocenters. The van der Waals surface area contributed by atoms with Gasteiger partial charge in [0.05, 0.1) is 13.2 Å². The van der Waals surface area contributed by atoms with Crippen LogP contribution < -0.4 is 10.6 Å². The molecule has 0 saturated heterocycles. The number of nitrogens with one attached hydrogen (secondary N) is 2. The second-order valence-electron chi connectivity index (χ2n) is 9.98. The van der Waals surface area contributed by atoms with Gasteiger partial charge in [-0.15, -0.1) is 0 Å². The van der Waals surface area contributed by atoms with Crippen molar-refractivity contribution in [2.45, 2.75) is 83.4 Å². The van der Waals surface area contributed by atoms with E-state index in [2.05, 4.69) is 10.6 Å². The summed E-state index contributed by atoms with van der Waals surface area (Å²) >= 11 is 0. The Hall–Kier alpha value is -4.08. The number of hydrogen-bond donors (Lipinski definition) is 3. The van der Waals surface area contributed by atoms with E-state index in [4.69, 9.17) is 14.2 Å². The zero-order chi connectivity index (χ0) is 29.6. The molecule has 2 aromatic carbocycles. The molecule has 0 aliphatic heterocycles. The summed E-state index contributed by atoms with van der Waals surface area (Å²) in [6.45, 7) is 3.65. The predicted octanol–water partition coefficient (Wildman–Crippen LogP) is 4.28. The second kappa shape index (κ2) is 16.2. The standard InChI is InChI=1S/C31H40N2O8/c1-3-39-28(35)17-16-26(33-31(38)41-20-21-10-6-5-7-11-21)29(36)32-27(30(37)40-4-2)18-23-14-15-24(34)19-25(23)22-12-8-9-13-22/h5-7,10-11,14-15,19,22,26-27,34H,3-4,8-9,12-13,16-18,20H2,1-2H3,(H,32,36)(H,33,38)/t26-,27-/m0/s1. The Morgan fingerprint density at radius 1 is 0.902 bits per heavy atom. The third-order valence-electron chi connectivity index (χ3n) is 7.00. The van der Waals surface area contributed by atoms with Crippen LogP contribution in [0.3, 0.4) is 0 Å². The molecular formula is C31H40N2O8. The van der Waals surface area contributed by atoms with E-state index in [0.29, 0.717) is 0 Å². The quantitative estimate of drug-likeness (QED) is 0.227. The van der Waals surface area contributed by atoms with Crippen molar-refractivity contribution in [2.24, 2.45) is 0 Å². The van der Waals surface area contributed by atoms with Gasteiger partial charge in [-0.1, -0.05) is 49.2 Å². The van der Waals surface area contributed by atoms with Crippen molar-refractivity contribution < 1.29 is 38.5 Å². The van der Waals surface area contributed by atoms with E-state index < -0.39 is 36.0 Å². The lowest BCUT2D eigenvalue weighted by Crippen LogP contribution is -2.52. The van der Waals surface area contributed by atoms with E-state index in [-0.39, 0.29) is 50.8 Å². The summed E-state index contributed by atoms with van der Waals surface area (Å²) in [7, 11) is 0. The largest absolute Gasteiger partial charge is 0.508 e. The van der Waals surface area contributed by atoms with E-state index in [1.807, 2.05) is 18.2 Å². The zero-order valence-corrected chi connectivity index (χ0v) is 23.7. The van der Waals surface area contributed by atoms with Crippen LogP contribution in [0.4, 0.5) is 4.79 Å². The molecule has 222 valence electrons. The normalized spacial score (nSPS) is 14.5. The average molecular weight is 569 g/mol. The molecule has 0 radical (unpaired) electrons. The molecule has 41 heavy (non-hydrogen) atoms. The van der Waals surface area contributed by atoms with Crippen LogP contribution >= 0.6 is 0 Å². The number of carbonyl (C=O) groups is 4. The molecule has 3 N–H and O–H groups in total. The summed E-state index contributed by atoms with van der Waals surface area (Å²) in [5.41, 5.74) is 2.54. The van der Waals surface area contributed by atoms with Gasteiger partial charge in [-0.05, 0) is 67.9 Å². The van der Waals surface area contributed by atoms with Gasteiger partial charge in [0.1, 0.15) is 24.4 Å². The highest BCUT2D eigenvalue weighted by Crippen LogP contribution is 2.37. The van der Waals surface area contributed by atoms with E-state index in [0.717, 1.165) is 42.4 Å². The van der Waals surface area contributed by atoms with Gasteiger partial charge in [-0.3, -0.25) is 9.59 Å². The number of benzene rings is 2. The lowest BCUT2D eigenvalue weighted by Gasteiger charge is -2.24. The van der Waals surface area contributed by atoms with Crippen LogP contribution in [0.5, 0.6) is 5.75 Å². The Bertz CT molecular complexity index is 1160. The maximum Gasteiger partial charge on any atom is 0.408 e. The lowest BCUT2D eigenvalue weighted by molar-refractivity contribution is -0.148. The highest BCUT2D eigenvalue weighted by atomic mass is 16.5. The highest BCUT2D eigenvalue weighted by molar-refractivity contribution is 5.90. The number of alkyl carbamates (subject to hydrolysis) is 1. The van der Waals surface area contributed by atoms with Crippen molar-refractivity contribution in [2.75, 3.05) is 13.2 Å². The third kappa shape index (κ3) is 10.1. The molecule has 0 aromatic heterocycles. The van der Waals surface area contributed by atoms with E-state index >= 15 is 0 Å². The number of ether oxygens (including phenoxy) is 3. The predicted molar refractivity (Wildman–Crippen MR) is 151 cm³/mol. The van der Waals surface area contributed by atoms with Gasteiger partial charge in [0.25, 0.3) is 0 Å². The lowest BCUT2D eigenvalue weighted by atomic mass is 9.89. The molecule has 10 nitrogen and oxygen atoms in total. The first-order valence-corrected chi connectivity index (χ1v) is 14.2. The fourth-order valence-electron chi connectivity index (χ4n) is 4.98. The monoisotopic (exact) mass is 568 g/mol. The minimum Gasteiger partial charge on any atom is -0.508 e. The van der Waals surface area contributed by atoms with Gasteiger partial charge in [0, 0.05) is 12.8 Å². The molecule has 1 aliphatic carbocycles. The molecule has 3 rings (SSSR count). The van der Waals surface area contributed by atoms with Gasteiger partial charge in [-0.2, -0.15) is 0 Å². The van der Waals surface area contributed by atoms with Crippen molar-refractivity contribution in [3.05, 3.63) is 65.2 Å². The number of amides is 2. The van der Waals surface area contributed by atoms with Crippen molar-refractivity contribution in [3.63, 3.8) is 0 Å². The zero-order valence-electron chi connectivity index (χ0n) is 23.7. The Kier molecular flexibility index (Phi) is 12.5. The van der Waals surface area contributed by atoms with Crippen molar-refractivity contribution >= 4 is 23.9 Å². The molecule has 1 fully saturated rings. The third-order valence-corrected chi connectivity index (χ3v) is 7.00.